The van der Waals surface area contributed by atoms with Gasteiger partial charge in [-0.3, -0.25) is 4.79 Å². The zero-order valence-corrected chi connectivity index (χ0v) is 10.6. The van der Waals surface area contributed by atoms with Crippen LogP contribution in [-0.4, -0.2) is 13.0 Å². The third kappa shape index (κ3) is 3.98. The Kier molecular flexibility index (Phi) is 4.82. The number of benzene rings is 1. The predicted molar refractivity (Wildman–Crippen MR) is 70.1 cm³/mol. The van der Waals surface area contributed by atoms with Gasteiger partial charge in [-0.05, 0) is 18.1 Å². The maximum absolute atomic E-state index is 11.7. The lowest BCUT2D eigenvalue weighted by atomic mass is 10.1. The molecular weight excluding hydrogens is 216 g/mol. The molecule has 4 nitrogen and oxygen atoms in total. The van der Waals surface area contributed by atoms with Crippen LogP contribution in [-0.2, 0) is 4.79 Å². The minimum Gasteiger partial charge on any atom is -0.495 e. The third-order valence-electron chi connectivity index (χ3n) is 2.75. The summed E-state index contributed by atoms with van der Waals surface area (Å²) in [4.78, 5) is 11.7. The topological polar surface area (TPSA) is 64.4 Å². The van der Waals surface area contributed by atoms with Crippen molar-refractivity contribution >= 4 is 17.3 Å². The van der Waals surface area contributed by atoms with Crippen molar-refractivity contribution in [3.05, 3.63) is 18.2 Å². The molecular formula is C13H20N2O2. The van der Waals surface area contributed by atoms with Gasteiger partial charge in [0.25, 0.3) is 0 Å². The molecule has 94 valence electrons. The highest BCUT2D eigenvalue weighted by molar-refractivity contribution is 5.91. The summed E-state index contributed by atoms with van der Waals surface area (Å²) in [5.74, 6) is 0.989. The first-order valence-corrected chi connectivity index (χ1v) is 5.80. The first kappa shape index (κ1) is 13.4. The van der Waals surface area contributed by atoms with Crippen molar-refractivity contribution in [3.63, 3.8) is 0 Å². The first-order valence-electron chi connectivity index (χ1n) is 5.80. The highest BCUT2D eigenvalue weighted by atomic mass is 16.5. The molecule has 0 aromatic heterocycles. The molecule has 0 aliphatic rings. The monoisotopic (exact) mass is 236 g/mol. The highest BCUT2D eigenvalue weighted by Crippen LogP contribution is 2.25. The number of nitrogens with two attached hydrogens (primary N) is 1. The van der Waals surface area contributed by atoms with Crippen molar-refractivity contribution in [2.24, 2.45) is 5.92 Å². The SMILES string of the molecule is CCC(C)CC(=O)Nc1ccc(N)c(OC)c1. The minimum atomic E-state index is 0.0196. The molecule has 0 bridgehead atoms. The number of methoxy groups -OCH3 is 1. The van der Waals surface area contributed by atoms with Gasteiger partial charge in [0.05, 0.1) is 12.8 Å². The van der Waals surface area contributed by atoms with E-state index in [4.69, 9.17) is 10.5 Å². The molecule has 1 aromatic rings. The van der Waals surface area contributed by atoms with Crippen LogP contribution in [0.4, 0.5) is 11.4 Å². The van der Waals surface area contributed by atoms with Gasteiger partial charge in [0, 0.05) is 18.2 Å². The Labute approximate surface area is 102 Å². The van der Waals surface area contributed by atoms with Gasteiger partial charge in [-0.2, -0.15) is 0 Å². The highest BCUT2D eigenvalue weighted by Gasteiger charge is 2.08. The van der Waals surface area contributed by atoms with E-state index in [1.807, 2.05) is 0 Å². The molecule has 1 atom stereocenters. The maximum Gasteiger partial charge on any atom is 0.224 e. The number of ether oxygens (including phenoxy) is 1. The van der Waals surface area contributed by atoms with Crippen molar-refractivity contribution < 1.29 is 9.53 Å². The van der Waals surface area contributed by atoms with E-state index in [9.17, 15) is 4.79 Å². The summed E-state index contributed by atoms with van der Waals surface area (Å²) in [6, 6.07) is 5.22. The molecule has 0 saturated heterocycles. The zero-order valence-electron chi connectivity index (χ0n) is 10.6. The van der Waals surface area contributed by atoms with Gasteiger partial charge in [0.1, 0.15) is 5.75 Å². The van der Waals surface area contributed by atoms with Crippen LogP contribution in [0.1, 0.15) is 26.7 Å². The van der Waals surface area contributed by atoms with Crippen molar-refractivity contribution in [2.75, 3.05) is 18.2 Å². The number of hydrogen-bond donors (Lipinski definition) is 2. The number of anilines is 2. The minimum absolute atomic E-state index is 0.0196. The number of hydrogen-bond acceptors (Lipinski definition) is 3. The Morgan fingerprint density at radius 3 is 2.82 bits per heavy atom. The summed E-state index contributed by atoms with van der Waals surface area (Å²) in [6.07, 6.45) is 1.53. The molecule has 4 heteroatoms. The van der Waals surface area contributed by atoms with Crippen LogP contribution < -0.4 is 15.8 Å². The Morgan fingerprint density at radius 2 is 2.24 bits per heavy atom. The maximum atomic E-state index is 11.7. The number of rotatable bonds is 5. The number of amides is 1. The van der Waals surface area contributed by atoms with Crippen molar-refractivity contribution in [3.8, 4) is 5.75 Å². The van der Waals surface area contributed by atoms with Gasteiger partial charge < -0.3 is 15.8 Å². The second-order valence-corrected chi connectivity index (χ2v) is 4.22. The van der Waals surface area contributed by atoms with E-state index < -0.39 is 0 Å². The van der Waals surface area contributed by atoms with Crippen molar-refractivity contribution in [1.29, 1.82) is 0 Å². The first-order chi connectivity index (χ1) is 8.06. The molecule has 1 rings (SSSR count). The number of carbonyl (C=O) groups is 1. The van der Waals surface area contributed by atoms with Gasteiger partial charge >= 0.3 is 0 Å². The van der Waals surface area contributed by atoms with Crippen LogP contribution in [0.15, 0.2) is 18.2 Å². The van der Waals surface area contributed by atoms with Gasteiger partial charge in [-0.25, -0.2) is 0 Å². The van der Waals surface area contributed by atoms with Gasteiger partial charge in [-0.1, -0.05) is 20.3 Å². The van der Waals surface area contributed by atoms with Crippen LogP contribution >= 0.6 is 0 Å². The molecule has 0 fully saturated rings. The van der Waals surface area contributed by atoms with Crippen LogP contribution in [0, 0.1) is 5.92 Å². The van der Waals surface area contributed by atoms with Crippen LogP contribution in [0.3, 0.4) is 0 Å². The predicted octanol–water partition coefficient (Wildman–Crippen LogP) is 2.65. The lowest BCUT2D eigenvalue weighted by molar-refractivity contribution is -0.117. The molecule has 0 radical (unpaired) electrons. The van der Waals surface area contributed by atoms with Gasteiger partial charge in [0.15, 0.2) is 0 Å². The fraction of sp³-hybridized carbons (Fsp3) is 0.462. The molecule has 1 amide bonds. The summed E-state index contributed by atoms with van der Waals surface area (Å²) in [6.45, 7) is 4.13. The molecule has 3 N–H and O–H groups in total. The molecule has 0 aliphatic carbocycles. The molecule has 1 unspecified atom stereocenters. The van der Waals surface area contributed by atoms with E-state index in [0.29, 0.717) is 29.5 Å². The normalized spacial score (nSPS) is 11.9. The quantitative estimate of drug-likeness (QED) is 0.772. The molecule has 17 heavy (non-hydrogen) atoms. The Hall–Kier alpha value is -1.71. The lowest BCUT2D eigenvalue weighted by Crippen LogP contribution is -2.14. The second kappa shape index (κ2) is 6.13. The Balaban J connectivity index is 2.65. The van der Waals surface area contributed by atoms with E-state index in [-0.39, 0.29) is 5.91 Å². The smallest absolute Gasteiger partial charge is 0.224 e. The van der Waals surface area contributed by atoms with Gasteiger partial charge in [-0.15, -0.1) is 0 Å². The third-order valence-corrected chi connectivity index (χ3v) is 2.75. The Bertz CT molecular complexity index is 391. The molecule has 0 aliphatic heterocycles. The molecule has 0 spiro atoms. The summed E-state index contributed by atoms with van der Waals surface area (Å²) < 4.78 is 5.09. The number of nitrogen functional groups attached to an aromatic ring is 1. The van der Waals surface area contributed by atoms with Crippen LogP contribution in [0.2, 0.25) is 0 Å². The zero-order chi connectivity index (χ0) is 12.8. The van der Waals surface area contributed by atoms with E-state index >= 15 is 0 Å². The average molecular weight is 236 g/mol. The number of nitrogens with one attached hydrogen (secondary N) is 1. The summed E-state index contributed by atoms with van der Waals surface area (Å²) in [5.41, 5.74) is 6.97. The fourth-order valence-electron chi connectivity index (χ4n) is 1.46. The lowest BCUT2D eigenvalue weighted by Gasteiger charge is -2.11. The fourth-order valence-corrected chi connectivity index (χ4v) is 1.46. The molecule has 1 aromatic carbocycles. The van der Waals surface area contributed by atoms with Crippen LogP contribution in [0.5, 0.6) is 5.75 Å². The van der Waals surface area contributed by atoms with E-state index in [2.05, 4.69) is 19.2 Å². The van der Waals surface area contributed by atoms with Crippen molar-refractivity contribution in [1.82, 2.24) is 0 Å². The second-order valence-electron chi connectivity index (χ2n) is 4.22. The molecule has 0 saturated carbocycles. The standard InChI is InChI=1S/C13H20N2O2/c1-4-9(2)7-13(16)15-10-5-6-11(14)12(8-10)17-3/h5-6,8-9H,4,7,14H2,1-3H3,(H,15,16). The van der Waals surface area contributed by atoms with E-state index in [1.54, 1.807) is 25.3 Å². The average Bonchev–Trinajstić information content (AvgIpc) is 2.31. The Morgan fingerprint density at radius 1 is 1.53 bits per heavy atom. The van der Waals surface area contributed by atoms with Gasteiger partial charge in [0.2, 0.25) is 5.91 Å². The summed E-state index contributed by atoms with van der Waals surface area (Å²) >= 11 is 0. The van der Waals surface area contributed by atoms with Crippen LogP contribution in [0.25, 0.3) is 0 Å². The van der Waals surface area contributed by atoms with E-state index in [0.717, 1.165) is 6.42 Å². The summed E-state index contributed by atoms with van der Waals surface area (Å²) in [5, 5.41) is 2.83. The molecule has 0 heterocycles. The van der Waals surface area contributed by atoms with E-state index in [1.165, 1.54) is 0 Å². The summed E-state index contributed by atoms with van der Waals surface area (Å²) in [7, 11) is 1.55. The number of carbonyl (C=O) groups excluding carboxylic acids is 1. The van der Waals surface area contributed by atoms with Crippen molar-refractivity contribution in [2.45, 2.75) is 26.7 Å². The largest absolute Gasteiger partial charge is 0.495 e.